The summed E-state index contributed by atoms with van der Waals surface area (Å²) in [7, 11) is 0. The van der Waals surface area contributed by atoms with Gasteiger partial charge in [0.1, 0.15) is 11.5 Å². The van der Waals surface area contributed by atoms with E-state index in [9.17, 15) is 14.0 Å². The molecule has 122 valence electrons. The summed E-state index contributed by atoms with van der Waals surface area (Å²) in [4.78, 5) is 25.7. The molecular weight excluding hydrogens is 319 g/mol. The molecule has 24 heavy (non-hydrogen) atoms. The molecule has 10 heteroatoms. The van der Waals surface area contributed by atoms with Gasteiger partial charge in [-0.3, -0.25) is 25.4 Å². The Kier molecular flexibility index (Phi) is 4.01. The number of halogens is 1. The average Bonchev–Trinajstić information content (AvgIpc) is 3.06. The first-order valence-electron chi connectivity index (χ1n) is 6.76. The number of nitrogens with zero attached hydrogens (tertiary/aromatic N) is 3. The molecular formula is C14H11FN6O3. The predicted molar refractivity (Wildman–Crippen MR) is 80.4 cm³/mol. The van der Waals surface area contributed by atoms with Gasteiger partial charge in [0.2, 0.25) is 5.95 Å². The minimum absolute atomic E-state index is 0.0447. The van der Waals surface area contributed by atoms with Crippen LogP contribution in [0.25, 0.3) is 11.3 Å². The van der Waals surface area contributed by atoms with Gasteiger partial charge in [-0.15, -0.1) is 10.2 Å². The Morgan fingerprint density at radius 3 is 2.83 bits per heavy atom. The first kappa shape index (κ1) is 15.3. The number of carbonyl (C=O) groups excluding carboxylic acids is 1. The van der Waals surface area contributed by atoms with Crippen LogP contribution >= 0.6 is 0 Å². The highest BCUT2D eigenvalue weighted by atomic mass is 19.1. The van der Waals surface area contributed by atoms with Gasteiger partial charge in [-0.1, -0.05) is 17.3 Å². The zero-order chi connectivity index (χ0) is 17.1. The lowest BCUT2D eigenvalue weighted by Crippen LogP contribution is -2.32. The van der Waals surface area contributed by atoms with E-state index in [4.69, 9.17) is 4.52 Å². The van der Waals surface area contributed by atoms with Crippen LogP contribution in [0.2, 0.25) is 0 Å². The molecule has 1 aromatic carbocycles. The highest BCUT2D eigenvalue weighted by Crippen LogP contribution is 2.23. The molecule has 0 saturated carbocycles. The van der Waals surface area contributed by atoms with Crippen LogP contribution in [0.5, 0.6) is 0 Å². The summed E-state index contributed by atoms with van der Waals surface area (Å²) >= 11 is 0. The van der Waals surface area contributed by atoms with Gasteiger partial charge in [0.15, 0.2) is 11.5 Å². The number of benzene rings is 1. The van der Waals surface area contributed by atoms with Crippen molar-refractivity contribution >= 4 is 11.9 Å². The molecule has 0 radical (unpaired) electrons. The number of anilines is 1. The Bertz CT molecular complexity index is 951. The fourth-order valence-electron chi connectivity index (χ4n) is 1.80. The van der Waals surface area contributed by atoms with E-state index in [2.05, 4.69) is 31.2 Å². The maximum atomic E-state index is 13.7. The van der Waals surface area contributed by atoms with Crippen LogP contribution in [-0.2, 0) is 0 Å². The van der Waals surface area contributed by atoms with Gasteiger partial charge in [-0.25, -0.2) is 4.39 Å². The van der Waals surface area contributed by atoms with Crippen molar-refractivity contribution in [1.29, 1.82) is 0 Å². The molecule has 3 rings (SSSR count). The van der Waals surface area contributed by atoms with Crippen LogP contribution < -0.4 is 16.4 Å². The molecule has 0 saturated heterocycles. The highest BCUT2D eigenvalue weighted by molar-refractivity contribution is 5.93. The van der Waals surface area contributed by atoms with Crippen LogP contribution in [0, 0.1) is 12.7 Å². The number of hydrazine groups is 1. The number of aromatic nitrogens is 4. The quantitative estimate of drug-likeness (QED) is 0.610. The van der Waals surface area contributed by atoms with Crippen LogP contribution in [-0.4, -0.2) is 26.2 Å². The minimum atomic E-state index is -0.662. The summed E-state index contributed by atoms with van der Waals surface area (Å²) < 4.78 is 18.7. The van der Waals surface area contributed by atoms with E-state index in [0.717, 1.165) is 0 Å². The Hall–Kier alpha value is -3.56. The lowest BCUT2D eigenvalue weighted by molar-refractivity contribution is 0.0953. The first-order chi connectivity index (χ1) is 11.5. The van der Waals surface area contributed by atoms with Crippen LogP contribution in [0.3, 0.4) is 0 Å². The van der Waals surface area contributed by atoms with Crippen LogP contribution in [0.1, 0.15) is 16.2 Å². The van der Waals surface area contributed by atoms with Crippen molar-refractivity contribution in [3.8, 4) is 11.3 Å². The molecule has 0 spiro atoms. The normalized spacial score (nSPS) is 10.4. The second-order valence-electron chi connectivity index (χ2n) is 4.72. The van der Waals surface area contributed by atoms with Gasteiger partial charge in [-0.05, 0) is 19.1 Å². The summed E-state index contributed by atoms with van der Waals surface area (Å²) in [5.41, 5.74) is 4.51. The monoisotopic (exact) mass is 330 g/mol. The van der Waals surface area contributed by atoms with Gasteiger partial charge in [-0.2, -0.15) is 0 Å². The number of carbonyl (C=O) groups is 1. The van der Waals surface area contributed by atoms with Crippen molar-refractivity contribution in [2.45, 2.75) is 6.92 Å². The van der Waals surface area contributed by atoms with Gasteiger partial charge < -0.3 is 4.52 Å². The fraction of sp³-hybridized carbons (Fsp3) is 0.0714. The highest BCUT2D eigenvalue weighted by Gasteiger charge is 2.16. The van der Waals surface area contributed by atoms with E-state index in [-0.39, 0.29) is 28.7 Å². The molecule has 0 fully saturated rings. The number of nitrogens with one attached hydrogen (secondary N) is 3. The van der Waals surface area contributed by atoms with Crippen molar-refractivity contribution in [3.63, 3.8) is 0 Å². The molecule has 0 bridgehead atoms. The van der Waals surface area contributed by atoms with Crippen molar-refractivity contribution < 1.29 is 13.7 Å². The Morgan fingerprint density at radius 2 is 2.08 bits per heavy atom. The average molecular weight is 330 g/mol. The molecule has 0 aliphatic carbocycles. The zero-order valence-electron chi connectivity index (χ0n) is 12.3. The third-order valence-electron chi connectivity index (χ3n) is 3.04. The first-order valence-corrected chi connectivity index (χ1v) is 6.76. The summed E-state index contributed by atoms with van der Waals surface area (Å²) in [6, 6.07) is 7.23. The van der Waals surface area contributed by atoms with Gasteiger partial charge in [0, 0.05) is 6.07 Å². The third kappa shape index (κ3) is 3.11. The second kappa shape index (κ2) is 6.28. The van der Waals surface area contributed by atoms with Gasteiger partial charge >= 0.3 is 0 Å². The predicted octanol–water partition coefficient (Wildman–Crippen LogP) is 1.02. The van der Waals surface area contributed by atoms with Crippen molar-refractivity contribution in [3.05, 3.63) is 57.9 Å². The number of hydrogen-bond donors (Lipinski definition) is 3. The molecule has 9 nitrogen and oxygen atoms in total. The van der Waals surface area contributed by atoms with Crippen molar-refractivity contribution in [2.24, 2.45) is 0 Å². The van der Waals surface area contributed by atoms with E-state index >= 15 is 0 Å². The Labute approximate surface area is 133 Å². The van der Waals surface area contributed by atoms with E-state index < -0.39 is 17.3 Å². The summed E-state index contributed by atoms with van der Waals surface area (Å²) in [5, 5.41) is 10.8. The number of aromatic amines is 1. The summed E-state index contributed by atoms with van der Waals surface area (Å²) in [6.07, 6.45) is 0. The number of H-pyrrole nitrogens is 1. The number of amides is 1. The Morgan fingerprint density at radius 1 is 1.29 bits per heavy atom. The molecule has 0 atom stereocenters. The topological polar surface area (TPSA) is 126 Å². The lowest BCUT2D eigenvalue weighted by atomic mass is 10.1. The zero-order valence-corrected chi connectivity index (χ0v) is 12.3. The van der Waals surface area contributed by atoms with E-state index in [1.807, 2.05) is 0 Å². The van der Waals surface area contributed by atoms with Crippen molar-refractivity contribution in [1.82, 2.24) is 25.8 Å². The summed E-state index contributed by atoms with van der Waals surface area (Å²) in [5.74, 6) is -1.09. The molecule has 0 aliphatic heterocycles. The largest absolute Gasteiger partial charge is 0.355 e. The number of rotatable bonds is 4. The van der Waals surface area contributed by atoms with E-state index in [1.54, 1.807) is 6.07 Å². The number of aryl methyl sites for hydroxylation is 1. The van der Waals surface area contributed by atoms with Crippen LogP contribution in [0.15, 0.2) is 39.6 Å². The molecule has 2 aromatic heterocycles. The van der Waals surface area contributed by atoms with E-state index in [1.165, 1.54) is 31.2 Å². The van der Waals surface area contributed by atoms with Gasteiger partial charge in [0.25, 0.3) is 11.5 Å². The fourth-order valence-corrected chi connectivity index (χ4v) is 1.80. The van der Waals surface area contributed by atoms with Crippen molar-refractivity contribution in [2.75, 3.05) is 5.43 Å². The molecule has 0 unspecified atom stereocenters. The molecule has 3 N–H and O–H groups in total. The number of hydrogen-bond acceptors (Lipinski definition) is 7. The van der Waals surface area contributed by atoms with E-state index in [0.29, 0.717) is 0 Å². The van der Waals surface area contributed by atoms with Gasteiger partial charge in [0.05, 0.1) is 5.56 Å². The third-order valence-corrected chi connectivity index (χ3v) is 3.04. The summed E-state index contributed by atoms with van der Waals surface area (Å²) in [6.45, 7) is 1.49. The minimum Gasteiger partial charge on any atom is -0.355 e. The lowest BCUT2D eigenvalue weighted by Gasteiger charge is -2.04. The SMILES string of the molecule is Cc1nnc(NNC(=O)c2cc(-c3ccccc3F)on2)[nH]c1=O. The van der Waals surface area contributed by atoms with Crippen LogP contribution in [0.4, 0.5) is 10.3 Å². The molecule has 3 aromatic rings. The standard InChI is InChI=1S/C14H11FN6O3/c1-7-12(22)16-14(19-17-7)20-18-13(23)10-6-11(24-21-10)8-4-2-3-5-9(8)15/h2-6H,1H3,(H,18,23)(H2,16,19,20,22). The molecule has 2 heterocycles. The molecule has 0 aliphatic rings. The smallest absolute Gasteiger partial charge is 0.291 e. The second-order valence-corrected chi connectivity index (χ2v) is 4.72. The maximum absolute atomic E-state index is 13.7. The Balaban J connectivity index is 1.71. The molecule has 1 amide bonds. The maximum Gasteiger partial charge on any atom is 0.291 e.